The maximum absolute atomic E-state index is 9.56. The summed E-state index contributed by atoms with van der Waals surface area (Å²) in [4.78, 5) is 0. The van der Waals surface area contributed by atoms with Crippen molar-refractivity contribution >= 4 is 5.69 Å². The molecule has 1 aromatic carbocycles. The van der Waals surface area contributed by atoms with Gasteiger partial charge in [-0.1, -0.05) is 19.1 Å². The van der Waals surface area contributed by atoms with Crippen LogP contribution in [0.1, 0.15) is 37.3 Å². The first-order chi connectivity index (χ1) is 7.81. The van der Waals surface area contributed by atoms with Crippen molar-refractivity contribution in [3.05, 3.63) is 29.3 Å². The third-order valence-corrected chi connectivity index (χ3v) is 3.40. The van der Waals surface area contributed by atoms with Crippen molar-refractivity contribution in [1.29, 1.82) is 0 Å². The van der Waals surface area contributed by atoms with Crippen molar-refractivity contribution < 1.29 is 5.11 Å². The van der Waals surface area contributed by atoms with Gasteiger partial charge in [0.25, 0.3) is 0 Å². The molecule has 0 spiro atoms. The Morgan fingerprint density at radius 3 is 2.94 bits per heavy atom. The number of anilines is 1. The highest BCUT2D eigenvalue weighted by Crippen LogP contribution is 2.27. The van der Waals surface area contributed by atoms with Crippen LogP contribution in [0, 0.1) is 0 Å². The first-order valence-electron chi connectivity index (χ1n) is 6.34. The summed E-state index contributed by atoms with van der Waals surface area (Å²) >= 11 is 0. The summed E-state index contributed by atoms with van der Waals surface area (Å²) in [5, 5.41) is 12.9. The van der Waals surface area contributed by atoms with Gasteiger partial charge >= 0.3 is 0 Å². The van der Waals surface area contributed by atoms with E-state index in [1.165, 1.54) is 42.5 Å². The molecule has 88 valence electrons. The van der Waals surface area contributed by atoms with Gasteiger partial charge in [-0.15, -0.1) is 0 Å². The smallest absolute Gasteiger partial charge is 0.0709 e. The lowest BCUT2D eigenvalue weighted by Gasteiger charge is -2.21. The van der Waals surface area contributed by atoms with E-state index in [0.717, 1.165) is 6.42 Å². The molecule has 0 fully saturated rings. The number of benzene rings is 1. The highest BCUT2D eigenvalue weighted by Gasteiger charge is 2.12. The van der Waals surface area contributed by atoms with Gasteiger partial charge in [-0.3, -0.25) is 0 Å². The number of aliphatic hydroxyl groups is 1. The fourth-order valence-electron chi connectivity index (χ4n) is 2.32. The van der Waals surface area contributed by atoms with Gasteiger partial charge in [-0.25, -0.2) is 0 Å². The molecule has 2 rings (SSSR count). The molecule has 0 bridgehead atoms. The predicted octanol–water partition coefficient (Wildman–Crippen LogP) is 2.75. The van der Waals surface area contributed by atoms with Crippen LogP contribution in [0.5, 0.6) is 0 Å². The molecular weight excluding hydrogens is 198 g/mol. The van der Waals surface area contributed by atoms with E-state index in [0.29, 0.717) is 6.54 Å². The highest BCUT2D eigenvalue weighted by atomic mass is 16.3. The fourth-order valence-corrected chi connectivity index (χ4v) is 2.32. The second-order valence-electron chi connectivity index (χ2n) is 4.59. The standard InChI is InChI=1S/C14H21NO/c1-2-12(16)10-15-14-9-5-7-11-6-3-4-8-13(11)14/h5,7,9,12,15-16H,2-4,6,8,10H2,1H3. The number of hydrogen-bond donors (Lipinski definition) is 2. The molecule has 0 saturated carbocycles. The van der Waals surface area contributed by atoms with Crippen LogP contribution in [0.25, 0.3) is 0 Å². The van der Waals surface area contributed by atoms with Gasteiger partial charge in [0, 0.05) is 12.2 Å². The summed E-state index contributed by atoms with van der Waals surface area (Å²) in [7, 11) is 0. The van der Waals surface area contributed by atoms with E-state index in [-0.39, 0.29) is 6.10 Å². The van der Waals surface area contributed by atoms with Gasteiger partial charge in [0.05, 0.1) is 6.10 Å². The largest absolute Gasteiger partial charge is 0.391 e. The molecule has 16 heavy (non-hydrogen) atoms. The molecule has 1 unspecified atom stereocenters. The Bertz CT molecular complexity index is 349. The van der Waals surface area contributed by atoms with Crippen LogP contribution in [0.4, 0.5) is 5.69 Å². The van der Waals surface area contributed by atoms with E-state index in [1.807, 2.05) is 6.92 Å². The maximum Gasteiger partial charge on any atom is 0.0709 e. The van der Waals surface area contributed by atoms with Crippen LogP contribution in [-0.4, -0.2) is 17.8 Å². The Hall–Kier alpha value is -1.02. The zero-order valence-electron chi connectivity index (χ0n) is 10.00. The first kappa shape index (κ1) is 11.5. The summed E-state index contributed by atoms with van der Waals surface area (Å²) in [6, 6.07) is 6.48. The minimum atomic E-state index is -0.237. The molecule has 0 aromatic heterocycles. The van der Waals surface area contributed by atoms with Crippen molar-refractivity contribution in [3.63, 3.8) is 0 Å². The van der Waals surface area contributed by atoms with E-state index in [2.05, 4.69) is 23.5 Å². The molecule has 2 nitrogen and oxygen atoms in total. The molecule has 1 aliphatic carbocycles. The number of aliphatic hydroxyl groups excluding tert-OH is 1. The Morgan fingerprint density at radius 2 is 2.12 bits per heavy atom. The second-order valence-corrected chi connectivity index (χ2v) is 4.59. The summed E-state index contributed by atoms with van der Waals surface area (Å²) < 4.78 is 0. The van der Waals surface area contributed by atoms with Gasteiger partial charge < -0.3 is 10.4 Å². The monoisotopic (exact) mass is 219 g/mol. The minimum absolute atomic E-state index is 0.237. The molecule has 2 heteroatoms. The van der Waals surface area contributed by atoms with E-state index >= 15 is 0 Å². The van der Waals surface area contributed by atoms with Crippen molar-refractivity contribution in [1.82, 2.24) is 0 Å². The zero-order valence-corrected chi connectivity index (χ0v) is 10.00. The lowest BCUT2D eigenvalue weighted by Crippen LogP contribution is -2.19. The first-order valence-corrected chi connectivity index (χ1v) is 6.34. The number of nitrogens with one attached hydrogen (secondary N) is 1. The van der Waals surface area contributed by atoms with Crippen LogP contribution in [0.2, 0.25) is 0 Å². The predicted molar refractivity (Wildman–Crippen MR) is 67.9 cm³/mol. The number of fused-ring (bicyclic) bond motifs is 1. The van der Waals surface area contributed by atoms with Crippen molar-refractivity contribution in [2.45, 2.75) is 45.1 Å². The van der Waals surface area contributed by atoms with Gasteiger partial charge in [0.1, 0.15) is 0 Å². The van der Waals surface area contributed by atoms with Gasteiger partial charge in [-0.05, 0) is 49.3 Å². The SMILES string of the molecule is CCC(O)CNc1cccc2c1CCCC2. The van der Waals surface area contributed by atoms with Crippen LogP contribution < -0.4 is 5.32 Å². The molecular formula is C14H21NO. The number of aryl methyl sites for hydroxylation is 1. The van der Waals surface area contributed by atoms with Crippen LogP contribution in [0.3, 0.4) is 0 Å². The highest BCUT2D eigenvalue weighted by molar-refractivity contribution is 5.55. The summed E-state index contributed by atoms with van der Waals surface area (Å²) in [6.07, 6.45) is 5.57. The Balaban J connectivity index is 2.08. The minimum Gasteiger partial charge on any atom is -0.391 e. The van der Waals surface area contributed by atoms with Gasteiger partial charge in [-0.2, -0.15) is 0 Å². The molecule has 1 atom stereocenters. The molecule has 0 aliphatic heterocycles. The van der Waals surface area contributed by atoms with Crippen LogP contribution in [0.15, 0.2) is 18.2 Å². The van der Waals surface area contributed by atoms with E-state index in [1.54, 1.807) is 0 Å². The lowest BCUT2D eigenvalue weighted by molar-refractivity contribution is 0.183. The normalized spacial score (nSPS) is 16.6. The van der Waals surface area contributed by atoms with Gasteiger partial charge in [0.2, 0.25) is 0 Å². The molecule has 1 aliphatic rings. The Morgan fingerprint density at radius 1 is 1.31 bits per heavy atom. The molecule has 0 heterocycles. The van der Waals surface area contributed by atoms with E-state index < -0.39 is 0 Å². The van der Waals surface area contributed by atoms with Crippen molar-refractivity contribution in [2.24, 2.45) is 0 Å². The topological polar surface area (TPSA) is 32.3 Å². The molecule has 0 radical (unpaired) electrons. The van der Waals surface area contributed by atoms with E-state index in [4.69, 9.17) is 0 Å². The average Bonchev–Trinajstić information content (AvgIpc) is 2.35. The quantitative estimate of drug-likeness (QED) is 0.816. The Kier molecular flexibility index (Phi) is 3.83. The molecule has 0 amide bonds. The van der Waals surface area contributed by atoms with Crippen LogP contribution in [-0.2, 0) is 12.8 Å². The third kappa shape index (κ3) is 2.56. The summed E-state index contributed by atoms with van der Waals surface area (Å²) in [5.41, 5.74) is 4.18. The Labute approximate surface area is 97.7 Å². The molecule has 1 aromatic rings. The molecule has 2 N–H and O–H groups in total. The summed E-state index contributed by atoms with van der Waals surface area (Å²) in [6.45, 7) is 2.67. The second kappa shape index (κ2) is 5.35. The molecule has 0 saturated heterocycles. The zero-order chi connectivity index (χ0) is 11.4. The number of rotatable bonds is 4. The van der Waals surface area contributed by atoms with Crippen LogP contribution >= 0.6 is 0 Å². The lowest BCUT2D eigenvalue weighted by atomic mass is 9.90. The maximum atomic E-state index is 9.56. The van der Waals surface area contributed by atoms with E-state index in [9.17, 15) is 5.11 Å². The summed E-state index contributed by atoms with van der Waals surface area (Å²) in [5.74, 6) is 0. The van der Waals surface area contributed by atoms with Crippen molar-refractivity contribution in [3.8, 4) is 0 Å². The average molecular weight is 219 g/mol. The van der Waals surface area contributed by atoms with Gasteiger partial charge in [0.15, 0.2) is 0 Å². The number of hydrogen-bond acceptors (Lipinski definition) is 2. The fraction of sp³-hybridized carbons (Fsp3) is 0.571. The van der Waals surface area contributed by atoms with Crippen molar-refractivity contribution in [2.75, 3.05) is 11.9 Å². The third-order valence-electron chi connectivity index (χ3n) is 3.40.